The maximum absolute atomic E-state index is 4.33. The molecule has 0 aliphatic heterocycles. The molecule has 3 heteroatoms. The Morgan fingerprint density at radius 3 is 2.20 bits per heavy atom. The Labute approximate surface area is 62.9 Å². The first-order valence-electron chi connectivity index (χ1n) is 3.76. The molecule has 0 atom stereocenters. The Bertz CT molecular complexity index is 99.9. The summed E-state index contributed by atoms with van der Waals surface area (Å²) in [6.45, 7) is 4.42. The molecule has 0 saturated carbocycles. The predicted octanol–water partition coefficient (Wildman–Crippen LogP) is 2.21. The van der Waals surface area contributed by atoms with Crippen LogP contribution in [-0.4, -0.2) is 12.1 Å². The van der Waals surface area contributed by atoms with Crippen LogP contribution in [0.1, 0.15) is 33.1 Å². The van der Waals surface area contributed by atoms with Gasteiger partial charge < -0.3 is 0 Å². The summed E-state index contributed by atoms with van der Waals surface area (Å²) >= 11 is 0. The summed E-state index contributed by atoms with van der Waals surface area (Å²) in [7, 11) is 1.58. The first-order chi connectivity index (χ1) is 4.91. The number of rotatable bonds is 2. The second kappa shape index (κ2) is 8.40. The quantitative estimate of drug-likeness (QED) is 0.627. The van der Waals surface area contributed by atoms with Gasteiger partial charge >= 0.3 is 28.9 Å². The summed E-state index contributed by atoms with van der Waals surface area (Å²) in [6.07, 6.45) is 5.59. The van der Waals surface area contributed by atoms with Gasteiger partial charge in [-0.1, -0.05) is 33.1 Å². The van der Waals surface area contributed by atoms with Gasteiger partial charge in [-0.25, -0.2) is 0 Å². The summed E-state index contributed by atoms with van der Waals surface area (Å²) in [6, 6.07) is 0. The van der Waals surface area contributed by atoms with Crippen LogP contribution in [0.25, 0.3) is 0 Å². The SMILES string of the molecule is CCCCC.b1ccon1. The number of aromatic nitrogens is 1. The molecular weight excluding hydrogens is 125 g/mol. The van der Waals surface area contributed by atoms with Crippen LogP contribution in [0.15, 0.2) is 16.7 Å². The van der Waals surface area contributed by atoms with Crippen molar-refractivity contribution in [3.05, 3.63) is 12.2 Å². The molecule has 0 N–H and O–H groups in total. The van der Waals surface area contributed by atoms with Gasteiger partial charge in [-0.05, 0) is 0 Å². The summed E-state index contributed by atoms with van der Waals surface area (Å²) < 4.78 is 4.33. The van der Waals surface area contributed by atoms with Crippen molar-refractivity contribution in [2.75, 3.05) is 0 Å². The normalized spacial score (nSPS) is 7.80. The predicted molar refractivity (Wildman–Crippen MR) is 43.0 cm³/mol. The summed E-state index contributed by atoms with van der Waals surface area (Å²) in [5.74, 6) is 1.72. The molecule has 1 aromatic rings. The van der Waals surface area contributed by atoms with Gasteiger partial charge in [-0.3, -0.25) is 0 Å². The Morgan fingerprint density at radius 2 is 2.10 bits per heavy atom. The van der Waals surface area contributed by atoms with E-state index in [1.807, 2.05) is 0 Å². The standard InChI is InChI=1S/C5H12.C2H2BNO/c1-3-5-4-2;1-2-5-4-3-1/h3-5H2,1-2H3;1-2H. The van der Waals surface area contributed by atoms with Crippen molar-refractivity contribution in [3.63, 3.8) is 0 Å². The fourth-order valence-corrected chi connectivity index (χ4v) is 0.529. The third-order valence-corrected chi connectivity index (χ3v) is 1.05. The van der Waals surface area contributed by atoms with Crippen molar-refractivity contribution in [2.24, 2.45) is 0 Å². The number of unbranched alkanes of at least 4 members (excludes halogenated alkanes) is 2. The Balaban J connectivity index is 0.000000162. The van der Waals surface area contributed by atoms with Crippen molar-refractivity contribution in [2.45, 2.75) is 33.1 Å². The van der Waals surface area contributed by atoms with Crippen LogP contribution in [-0.2, 0) is 0 Å². The molecule has 10 heavy (non-hydrogen) atoms. The third kappa shape index (κ3) is 7.40. The average molecular weight is 139 g/mol. The summed E-state index contributed by atoms with van der Waals surface area (Å²) in [4.78, 5) is 0. The van der Waals surface area contributed by atoms with Gasteiger partial charge in [0.2, 0.25) is 0 Å². The Morgan fingerprint density at radius 1 is 1.40 bits per heavy atom. The molecule has 0 aromatic carbocycles. The van der Waals surface area contributed by atoms with Gasteiger partial charge in [-0.15, -0.1) is 0 Å². The van der Waals surface area contributed by atoms with Crippen molar-refractivity contribution in [1.82, 2.24) is 5.06 Å². The van der Waals surface area contributed by atoms with Gasteiger partial charge in [0, 0.05) is 0 Å². The molecule has 0 aliphatic rings. The van der Waals surface area contributed by atoms with Crippen LogP contribution in [0.4, 0.5) is 0 Å². The summed E-state index contributed by atoms with van der Waals surface area (Å²) in [5, 5.41) is 3.35. The monoisotopic (exact) mass is 139 g/mol. The fraction of sp³-hybridized carbons (Fsp3) is 0.714. The van der Waals surface area contributed by atoms with E-state index in [1.165, 1.54) is 25.5 Å². The van der Waals surface area contributed by atoms with E-state index in [4.69, 9.17) is 0 Å². The molecule has 56 valence electrons. The molecule has 0 spiro atoms. The molecule has 1 heterocycles. The molecule has 1 aromatic heterocycles. The molecule has 1 rings (SSSR count). The molecule has 0 unspecified atom stereocenters. The number of nitrogens with zero attached hydrogens (tertiary/aromatic N) is 1. The number of hydrogen-bond acceptors (Lipinski definition) is 2. The minimum atomic E-state index is 1.34. The van der Waals surface area contributed by atoms with Crippen LogP contribution in [0.5, 0.6) is 0 Å². The van der Waals surface area contributed by atoms with E-state index in [-0.39, 0.29) is 0 Å². The molecule has 0 bridgehead atoms. The average Bonchev–Trinajstić information content (AvgIpc) is 2.44. The van der Waals surface area contributed by atoms with Gasteiger partial charge in [0.15, 0.2) is 0 Å². The molecule has 0 saturated heterocycles. The Hall–Kier alpha value is -0.595. The van der Waals surface area contributed by atoms with Crippen molar-refractivity contribution >= 4 is 7.05 Å². The molecular formula is C7H14BNO. The maximum atomic E-state index is 4.33. The van der Waals surface area contributed by atoms with Crippen molar-refractivity contribution in [1.29, 1.82) is 0 Å². The third-order valence-electron chi connectivity index (χ3n) is 1.05. The Kier molecular flexibility index (Phi) is 7.90. The second-order valence-electron chi connectivity index (χ2n) is 2.04. The van der Waals surface area contributed by atoms with E-state index in [0.29, 0.717) is 0 Å². The zero-order valence-corrected chi connectivity index (χ0v) is 6.71. The van der Waals surface area contributed by atoms with Crippen molar-refractivity contribution in [3.8, 4) is 0 Å². The van der Waals surface area contributed by atoms with Gasteiger partial charge in [-0.2, -0.15) is 0 Å². The fourth-order valence-electron chi connectivity index (χ4n) is 0.529. The minimum absolute atomic E-state index is 1.34. The topological polar surface area (TPSA) is 26.0 Å². The van der Waals surface area contributed by atoms with E-state index >= 15 is 0 Å². The van der Waals surface area contributed by atoms with E-state index in [0.717, 1.165) is 0 Å². The first-order valence-corrected chi connectivity index (χ1v) is 3.76. The molecule has 0 radical (unpaired) electrons. The van der Waals surface area contributed by atoms with E-state index in [9.17, 15) is 0 Å². The van der Waals surface area contributed by atoms with E-state index < -0.39 is 0 Å². The number of hydrogen-bond donors (Lipinski definition) is 0. The second-order valence-corrected chi connectivity index (χ2v) is 2.04. The first kappa shape index (κ1) is 9.40. The van der Waals surface area contributed by atoms with Gasteiger partial charge in [0.25, 0.3) is 0 Å². The van der Waals surface area contributed by atoms with Crippen LogP contribution in [0, 0.1) is 0 Å². The van der Waals surface area contributed by atoms with Crippen LogP contribution >= 0.6 is 0 Å². The molecule has 0 amide bonds. The molecule has 0 aliphatic carbocycles. The van der Waals surface area contributed by atoms with Gasteiger partial charge in [0.05, 0.1) is 0 Å². The zero-order chi connectivity index (χ0) is 7.66. The van der Waals surface area contributed by atoms with Crippen LogP contribution in [0.3, 0.4) is 0 Å². The van der Waals surface area contributed by atoms with Crippen molar-refractivity contribution < 1.29 is 4.52 Å². The van der Waals surface area contributed by atoms with Crippen LogP contribution in [0.2, 0.25) is 0 Å². The van der Waals surface area contributed by atoms with E-state index in [2.05, 4.69) is 23.4 Å². The van der Waals surface area contributed by atoms with Crippen LogP contribution < -0.4 is 0 Å². The summed E-state index contributed by atoms with van der Waals surface area (Å²) in [5.41, 5.74) is 0. The molecule has 2 nitrogen and oxygen atoms in total. The van der Waals surface area contributed by atoms with Gasteiger partial charge in [0.1, 0.15) is 0 Å². The van der Waals surface area contributed by atoms with E-state index in [1.54, 1.807) is 13.0 Å². The molecule has 0 fully saturated rings. The zero-order valence-electron chi connectivity index (χ0n) is 6.71.